The highest BCUT2D eigenvalue weighted by atomic mass is 16.5. The van der Waals surface area contributed by atoms with Crippen LogP contribution in [-0.2, 0) is 5.41 Å². The molecule has 0 atom stereocenters. The van der Waals surface area contributed by atoms with Crippen LogP contribution in [0.1, 0.15) is 22.3 Å². The molecule has 0 radical (unpaired) electrons. The Balaban J connectivity index is 1.29. The van der Waals surface area contributed by atoms with Crippen molar-refractivity contribution in [2.45, 2.75) is 5.41 Å². The second-order valence-electron chi connectivity index (χ2n) is 10.7. The van der Waals surface area contributed by atoms with Crippen LogP contribution < -0.4 is 4.90 Å². The number of nitrogens with zero attached hydrogens (tertiary/aromatic N) is 3. The predicted octanol–water partition coefficient (Wildman–Crippen LogP) is 9.57. The van der Waals surface area contributed by atoms with Crippen molar-refractivity contribution in [3.8, 4) is 22.8 Å². The number of fused-ring (bicyclic) bond motifs is 2. The molecule has 7 aromatic rings. The third-order valence-electron chi connectivity index (χ3n) is 8.34. The van der Waals surface area contributed by atoms with Crippen molar-refractivity contribution in [2.75, 3.05) is 4.90 Å². The van der Waals surface area contributed by atoms with Crippen LogP contribution in [0.3, 0.4) is 0 Å². The summed E-state index contributed by atoms with van der Waals surface area (Å²) in [6.07, 6.45) is 0. The minimum Gasteiger partial charge on any atom is -0.334 e. The average molecular weight is 554 g/mol. The highest BCUT2D eigenvalue weighted by Gasteiger charge is 2.46. The maximum Gasteiger partial charge on any atom is 0.258 e. The molecule has 0 saturated heterocycles. The molecule has 2 heterocycles. The smallest absolute Gasteiger partial charge is 0.258 e. The van der Waals surface area contributed by atoms with Crippen molar-refractivity contribution in [1.82, 2.24) is 10.1 Å². The van der Waals surface area contributed by atoms with Crippen molar-refractivity contribution in [3.05, 3.63) is 186 Å². The first-order chi connectivity index (χ1) is 21.3. The number of benzene rings is 6. The number of aromatic nitrogens is 2. The Morgan fingerprint density at radius 1 is 0.465 bits per heavy atom. The first-order valence-electron chi connectivity index (χ1n) is 14.4. The van der Waals surface area contributed by atoms with Gasteiger partial charge in [0.25, 0.3) is 5.89 Å². The van der Waals surface area contributed by atoms with Crippen molar-refractivity contribution in [2.24, 2.45) is 0 Å². The molecule has 1 aromatic heterocycles. The van der Waals surface area contributed by atoms with E-state index in [1.54, 1.807) is 0 Å². The van der Waals surface area contributed by atoms with Crippen molar-refractivity contribution in [3.63, 3.8) is 0 Å². The fraction of sp³-hybridized carbons (Fsp3) is 0.0256. The summed E-state index contributed by atoms with van der Waals surface area (Å²) in [6, 6.07) is 57.5. The van der Waals surface area contributed by atoms with Gasteiger partial charge in [0, 0.05) is 16.8 Å². The number of hydrogen-bond acceptors (Lipinski definition) is 4. The van der Waals surface area contributed by atoms with Crippen molar-refractivity contribution in [1.29, 1.82) is 0 Å². The largest absolute Gasteiger partial charge is 0.334 e. The Hall–Kier alpha value is -5.74. The monoisotopic (exact) mass is 553 g/mol. The first kappa shape index (κ1) is 25.0. The van der Waals surface area contributed by atoms with Gasteiger partial charge in [-0.1, -0.05) is 120 Å². The van der Waals surface area contributed by atoms with Gasteiger partial charge >= 0.3 is 0 Å². The standard InChI is InChI=1S/C39H27N3O/c1-4-14-29(15-5-1)38-40-37(41-43-38)28-24-26-32(27-25-28)42-35-22-12-10-20-33(35)39(30-16-6-2-7-17-30,31-18-8-3-9-19-31)34-21-11-13-23-36(34)42/h1-27H. The van der Waals surface area contributed by atoms with Crippen LogP contribution in [-0.4, -0.2) is 10.1 Å². The van der Waals surface area contributed by atoms with Gasteiger partial charge in [-0.2, -0.15) is 4.98 Å². The molecule has 0 spiro atoms. The number of para-hydroxylation sites is 2. The third kappa shape index (κ3) is 3.99. The fourth-order valence-corrected chi connectivity index (χ4v) is 6.49. The normalized spacial score (nSPS) is 13.3. The minimum atomic E-state index is -0.482. The van der Waals surface area contributed by atoms with Crippen LogP contribution in [0.4, 0.5) is 17.1 Å². The molecular weight excluding hydrogens is 526 g/mol. The molecule has 4 heteroatoms. The van der Waals surface area contributed by atoms with E-state index in [2.05, 4.69) is 149 Å². The molecule has 43 heavy (non-hydrogen) atoms. The average Bonchev–Trinajstić information content (AvgIpc) is 3.59. The molecule has 0 N–H and O–H groups in total. The van der Waals surface area contributed by atoms with Gasteiger partial charge in [-0.05, 0) is 70.8 Å². The quantitative estimate of drug-likeness (QED) is 0.213. The predicted molar refractivity (Wildman–Crippen MR) is 172 cm³/mol. The van der Waals surface area contributed by atoms with Crippen LogP contribution in [0.2, 0.25) is 0 Å². The van der Waals surface area contributed by atoms with Crippen LogP contribution in [0.5, 0.6) is 0 Å². The Labute approximate surface area is 250 Å². The maximum atomic E-state index is 5.58. The molecular formula is C39H27N3O. The van der Waals surface area contributed by atoms with Gasteiger partial charge in [-0.15, -0.1) is 0 Å². The first-order valence-corrected chi connectivity index (χ1v) is 14.4. The molecule has 0 bridgehead atoms. The lowest BCUT2D eigenvalue weighted by atomic mass is 9.62. The fourth-order valence-electron chi connectivity index (χ4n) is 6.49. The second kappa shape index (κ2) is 10.3. The number of rotatable bonds is 5. The van der Waals surface area contributed by atoms with Crippen molar-refractivity contribution < 1.29 is 4.52 Å². The van der Waals surface area contributed by atoms with E-state index in [9.17, 15) is 0 Å². The zero-order valence-corrected chi connectivity index (χ0v) is 23.3. The summed E-state index contributed by atoms with van der Waals surface area (Å²) in [5.74, 6) is 1.08. The van der Waals surface area contributed by atoms with E-state index in [-0.39, 0.29) is 0 Å². The van der Waals surface area contributed by atoms with Crippen molar-refractivity contribution >= 4 is 17.1 Å². The van der Waals surface area contributed by atoms with Gasteiger partial charge in [0.05, 0.1) is 16.8 Å². The second-order valence-corrected chi connectivity index (χ2v) is 10.7. The summed E-state index contributed by atoms with van der Waals surface area (Å²) in [4.78, 5) is 7.02. The third-order valence-corrected chi connectivity index (χ3v) is 8.34. The van der Waals surface area contributed by atoms with Gasteiger partial charge in [0.15, 0.2) is 0 Å². The Bertz CT molecular complexity index is 1930. The molecule has 1 aliphatic heterocycles. The lowest BCUT2D eigenvalue weighted by molar-refractivity contribution is 0.432. The minimum absolute atomic E-state index is 0.482. The van der Waals surface area contributed by atoms with E-state index in [4.69, 9.17) is 4.52 Å². The Kier molecular flexibility index (Phi) is 5.97. The molecule has 0 fully saturated rings. The van der Waals surface area contributed by atoms with E-state index in [0.29, 0.717) is 11.7 Å². The lowest BCUT2D eigenvalue weighted by Crippen LogP contribution is -2.37. The van der Waals surface area contributed by atoms with Crippen LogP contribution in [0.25, 0.3) is 22.8 Å². The SMILES string of the molecule is c1ccc(-c2nc(-c3ccc(N4c5ccccc5C(c5ccccc5)(c5ccccc5)c5ccccc54)cc3)no2)cc1. The molecule has 1 aliphatic rings. The summed E-state index contributed by atoms with van der Waals surface area (Å²) in [7, 11) is 0. The molecule has 8 rings (SSSR count). The summed E-state index contributed by atoms with van der Waals surface area (Å²) in [5.41, 5.74) is 9.62. The molecule has 6 aromatic carbocycles. The van der Waals surface area contributed by atoms with E-state index in [0.717, 1.165) is 28.2 Å². The molecule has 0 aliphatic carbocycles. The summed E-state index contributed by atoms with van der Waals surface area (Å²) >= 11 is 0. The number of anilines is 3. The van der Waals surface area contributed by atoms with E-state index in [1.807, 2.05) is 30.3 Å². The lowest BCUT2D eigenvalue weighted by Gasteiger charge is -2.46. The van der Waals surface area contributed by atoms with E-state index >= 15 is 0 Å². The van der Waals surface area contributed by atoms with Gasteiger partial charge in [0.2, 0.25) is 5.82 Å². The zero-order valence-electron chi connectivity index (χ0n) is 23.3. The van der Waals surface area contributed by atoms with Crippen LogP contribution in [0, 0.1) is 0 Å². The summed E-state index contributed by atoms with van der Waals surface area (Å²) in [6.45, 7) is 0. The topological polar surface area (TPSA) is 42.2 Å². The molecule has 0 saturated carbocycles. The van der Waals surface area contributed by atoms with Crippen LogP contribution in [0.15, 0.2) is 168 Å². The van der Waals surface area contributed by atoms with Gasteiger partial charge in [-0.25, -0.2) is 0 Å². The van der Waals surface area contributed by atoms with Gasteiger partial charge < -0.3 is 9.42 Å². The molecule has 0 unspecified atom stereocenters. The van der Waals surface area contributed by atoms with Gasteiger partial charge in [-0.3, -0.25) is 0 Å². The highest BCUT2D eigenvalue weighted by molar-refractivity contribution is 5.89. The van der Waals surface area contributed by atoms with E-state index < -0.39 is 5.41 Å². The Morgan fingerprint density at radius 3 is 1.51 bits per heavy atom. The zero-order chi connectivity index (χ0) is 28.6. The van der Waals surface area contributed by atoms with Crippen LogP contribution >= 0.6 is 0 Å². The molecule has 204 valence electrons. The summed E-state index contributed by atoms with van der Waals surface area (Å²) < 4.78 is 5.58. The highest BCUT2D eigenvalue weighted by Crippen LogP contribution is 2.57. The van der Waals surface area contributed by atoms with Gasteiger partial charge in [0.1, 0.15) is 0 Å². The molecule has 4 nitrogen and oxygen atoms in total. The summed E-state index contributed by atoms with van der Waals surface area (Å²) in [5, 5.41) is 4.26. The Morgan fingerprint density at radius 2 is 0.953 bits per heavy atom. The maximum absolute atomic E-state index is 5.58. The number of hydrogen-bond donors (Lipinski definition) is 0. The van der Waals surface area contributed by atoms with E-state index in [1.165, 1.54) is 22.3 Å². The molecule has 0 amide bonds.